The van der Waals surface area contributed by atoms with Gasteiger partial charge in [-0.1, -0.05) is 34.1 Å². The van der Waals surface area contributed by atoms with E-state index in [1.165, 1.54) is 19.1 Å². The topological polar surface area (TPSA) is 74.6 Å². The van der Waals surface area contributed by atoms with Crippen LogP contribution in [0.5, 0.6) is 0 Å². The quantitative estimate of drug-likeness (QED) is 0.811. The first-order valence-electron chi connectivity index (χ1n) is 5.12. The van der Waals surface area contributed by atoms with Crippen molar-refractivity contribution in [1.82, 2.24) is 0 Å². The highest BCUT2D eigenvalue weighted by Crippen LogP contribution is 2.29. The summed E-state index contributed by atoms with van der Waals surface area (Å²) in [6.07, 6.45) is -1.58. The molecule has 2 N–H and O–H groups in total. The van der Waals surface area contributed by atoms with Crippen molar-refractivity contribution in [2.24, 2.45) is 0 Å². The number of benzene rings is 1. The van der Waals surface area contributed by atoms with Gasteiger partial charge in [-0.2, -0.15) is 0 Å². The van der Waals surface area contributed by atoms with E-state index in [9.17, 15) is 14.7 Å². The third-order valence-electron chi connectivity index (χ3n) is 2.49. The maximum Gasteiger partial charge on any atom is 0.337 e. The van der Waals surface area contributed by atoms with Gasteiger partial charge in [-0.05, 0) is 23.6 Å². The molecule has 0 aliphatic rings. The molecule has 0 saturated heterocycles. The highest BCUT2D eigenvalue weighted by Gasteiger charge is 2.21. The van der Waals surface area contributed by atoms with E-state index >= 15 is 0 Å². The predicted octanol–water partition coefficient (Wildman–Crippen LogP) is 2.57. The number of hydrogen-bond acceptors (Lipinski definition) is 3. The highest BCUT2D eigenvalue weighted by atomic mass is 79.9. The van der Waals surface area contributed by atoms with Crippen molar-refractivity contribution in [1.29, 1.82) is 0 Å². The largest absolute Gasteiger partial charge is 0.479 e. The third kappa shape index (κ3) is 3.31. The minimum absolute atomic E-state index is 0.189. The fourth-order valence-electron chi connectivity index (χ4n) is 1.52. The number of carbonyl (C=O) groups is 2. The van der Waals surface area contributed by atoms with Crippen LogP contribution in [0, 0.1) is 0 Å². The normalized spacial score (nSPS) is 14.0. The summed E-state index contributed by atoms with van der Waals surface area (Å²) in [5.74, 6) is -1.51. The fourth-order valence-corrected chi connectivity index (χ4v) is 2.22. The van der Waals surface area contributed by atoms with Gasteiger partial charge in [0, 0.05) is 5.33 Å². The lowest BCUT2D eigenvalue weighted by molar-refractivity contribution is -0.147. The molecule has 0 saturated carbocycles. The summed E-state index contributed by atoms with van der Waals surface area (Å²) >= 11 is 9.22. The van der Waals surface area contributed by atoms with Gasteiger partial charge in [-0.15, -0.1) is 11.6 Å². The number of Topliss-reactive ketones (excluding diaryl/α,β-unsaturated/α-hetero) is 1. The average molecular weight is 336 g/mol. The number of carboxylic acid groups (broad SMARTS) is 1. The van der Waals surface area contributed by atoms with Gasteiger partial charge in [0.15, 0.2) is 11.9 Å². The highest BCUT2D eigenvalue weighted by molar-refractivity contribution is 9.08. The number of rotatable bonds is 5. The molecule has 0 fully saturated rings. The molecule has 0 heterocycles. The number of halogens is 2. The molecule has 4 nitrogen and oxygen atoms in total. The zero-order chi connectivity index (χ0) is 13.9. The molecule has 6 heteroatoms. The van der Waals surface area contributed by atoms with Crippen LogP contribution in [0.4, 0.5) is 0 Å². The van der Waals surface area contributed by atoms with E-state index in [1.54, 1.807) is 6.07 Å². The Morgan fingerprint density at radius 1 is 1.44 bits per heavy atom. The number of ketones is 1. The van der Waals surface area contributed by atoms with Crippen molar-refractivity contribution in [3.63, 3.8) is 0 Å². The van der Waals surface area contributed by atoms with Crippen LogP contribution >= 0.6 is 27.5 Å². The SMILES string of the molecule is CC(=O)C(Cl)c1ccc(C(O)C(=O)O)cc1CBr. The van der Waals surface area contributed by atoms with E-state index < -0.39 is 17.5 Å². The zero-order valence-corrected chi connectivity index (χ0v) is 11.9. The molecule has 0 aliphatic heterocycles. The van der Waals surface area contributed by atoms with Crippen LogP contribution < -0.4 is 0 Å². The van der Waals surface area contributed by atoms with Gasteiger partial charge in [0.05, 0.1) is 0 Å². The van der Waals surface area contributed by atoms with Crippen LogP contribution in [-0.2, 0) is 14.9 Å². The fraction of sp³-hybridized carbons (Fsp3) is 0.333. The molecule has 1 aromatic rings. The Morgan fingerprint density at radius 2 is 2.06 bits per heavy atom. The Morgan fingerprint density at radius 3 is 2.50 bits per heavy atom. The monoisotopic (exact) mass is 334 g/mol. The Bertz CT molecular complexity index is 475. The molecule has 0 bridgehead atoms. The molecular weight excluding hydrogens is 323 g/mol. The zero-order valence-electron chi connectivity index (χ0n) is 9.56. The summed E-state index contributed by atoms with van der Waals surface area (Å²) in [7, 11) is 0. The van der Waals surface area contributed by atoms with Crippen molar-refractivity contribution in [3.05, 3.63) is 34.9 Å². The second kappa shape index (κ2) is 6.31. The van der Waals surface area contributed by atoms with Gasteiger partial charge in [0.1, 0.15) is 5.38 Å². The van der Waals surface area contributed by atoms with E-state index in [4.69, 9.17) is 16.7 Å². The number of aliphatic carboxylic acids is 1. The number of hydrogen-bond donors (Lipinski definition) is 2. The van der Waals surface area contributed by atoms with Gasteiger partial charge in [0.2, 0.25) is 0 Å². The maximum absolute atomic E-state index is 11.2. The standard InChI is InChI=1S/C12H12BrClO4/c1-6(15)10(14)9-3-2-7(4-8(9)5-13)11(16)12(17)18/h2-4,10-11,16H,5H2,1H3,(H,17,18). The first-order valence-corrected chi connectivity index (χ1v) is 6.68. The Kier molecular flexibility index (Phi) is 5.31. The number of carboxylic acids is 1. The predicted molar refractivity (Wildman–Crippen MR) is 70.9 cm³/mol. The van der Waals surface area contributed by atoms with Crippen molar-refractivity contribution >= 4 is 39.3 Å². The molecule has 1 aromatic carbocycles. The second-order valence-electron chi connectivity index (χ2n) is 3.81. The smallest absolute Gasteiger partial charge is 0.337 e. The van der Waals surface area contributed by atoms with Crippen LogP contribution in [0.15, 0.2) is 18.2 Å². The Labute approximate surface area is 118 Å². The maximum atomic E-state index is 11.2. The second-order valence-corrected chi connectivity index (χ2v) is 4.80. The van der Waals surface area contributed by atoms with Gasteiger partial charge in [0.25, 0.3) is 0 Å². The van der Waals surface area contributed by atoms with E-state index in [0.717, 1.165) is 0 Å². The van der Waals surface area contributed by atoms with Crippen molar-refractivity contribution in [3.8, 4) is 0 Å². The Balaban J connectivity index is 3.19. The summed E-state index contributed by atoms with van der Waals surface area (Å²) in [6, 6.07) is 4.55. The summed E-state index contributed by atoms with van der Waals surface area (Å²) in [4.78, 5) is 21.9. The number of aliphatic hydroxyl groups excluding tert-OH is 1. The van der Waals surface area contributed by atoms with Crippen LogP contribution in [-0.4, -0.2) is 22.0 Å². The molecule has 0 spiro atoms. The number of aliphatic hydroxyl groups is 1. The lowest BCUT2D eigenvalue weighted by Crippen LogP contribution is -2.12. The van der Waals surface area contributed by atoms with Crippen molar-refractivity contribution in [2.75, 3.05) is 0 Å². The van der Waals surface area contributed by atoms with E-state index in [0.29, 0.717) is 16.5 Å². The van der Waals surface area contributed by atoms with Crippen LogP contribution in [0.3, 0.4) is 0 Å². The third-order valence-corrected chi connectivity index (χ3v) is 3.64. The van der Waals surface area contributed by atoms with E-state index in [2.05, 4.69) is 15.9 Å². The summed E-state index contributed by atoms with van der Waals surface area (Å²) < 4.78 is 0. The molecule has 0 aliphatic carbocycles. The molecule has 2 atom stereocenters. The van der Waals surface area contributed by atoms with Crippen molar-refractivity contribution in [2.45, 2.75) is 23.7 Å². The summed E-state index contributed by atoms with van der Waals surface area (Å²) in [5.41, 5.74) is 1.55. The molecule has 18 heavy (non-hydrogen) atoms. The summed E-state index contributed by atoms with van der Waals surface area (Å²) in [5, 5.41) is 17.8. The molecule has 2 unspecified atom stereocenters. The average Bonchev–Trinajstić information content (AvgIpc) is 2.35. The lowest BCUT2D eigenvalue weighted by Gasteiger charge is -2.14. The number of carbonyl (C=O) groups excluding carboxylic acids is 1. The minimum Gasteiger partial charge on any atom is -0.479 e. The molecular formula is C12H12BrClO4. The van der Waals surface area contributed by atoms with Gasteiger partial charge >= 0.3 is 5.97 Å². The number of alkyl halides is 2. The van der Waals surface area contributed by atoms with E-state index in [1.807, 2.05) is 0 Å². The Hall–Kier alpha value is -0.910. The van der Waals surface area contributed by atoms with Crippen LogP contribution in [0.1, 0.15) is 35.1 Å². The lowest BCUT2D eigenvalue weighted by atomic mass is 9.98. The van der Waals surface area contributed by atoms with Crippen LogP contribution in [0.25, 0.3) is 0 Å². The van der Waals surface area contributed by atoms with Crippen molar-refractivity contribution < 1.29 is 19.8 Å². The molecule has 98 valence electrons. The minimum atomic E-state index is -1.58. The molecule has 0 aromatic heterocycles. The molecule has 0 radical (unpaired) electrons. The van der Waals surface area contributed by atoms with E-state index in [-0.39, 0.29) is 11.3 Å². The summed E-state index contributed by atoms with van der Waals surface area (Å²) in [6.45, 7) is 1.38. The van der Waals surface area contributed by atoms with Gasteiger partial charge in [-0.25, -0.2) is 4.79 Å². The first-order chi connectivity index (χ1) is 8.38. The van der Waals surface area contributed by atoms with Gasteiger partial charge < -0.3 is 10.2 Å². The molecule has 1 rings (SSSR count). The molecule has 0 amide bonds. The van der Waals surface area contributed by atoms with Crippen LogP contribution in [0.2, 0.25) is 0 Å². The van der Waals surface area contributed by atoms with Gasteiger partial charge in [-0.3, -0.25) is 4.79 Å². The first kappa shape index (κ1) is 15.1.